The van der Waals surface area contributed by atoms with Gasteiger partial charge in [-0.2, -0.15) is 0 Å². The summed E-state index contributed by atoms with van der Waals surface area (Å²) in [5, 5.41) is 0. The highest BCUT2D eigenvalue weighted by molar-refractivity contribution is 5.05. The molecule has 0 aromatic carbocycles. The Hall–Kier alpha value is -0.800. The molecule has 3 nitrogen and oxygen atoms in total. The zero-order chi connectivity index (χ0) is 13.7. The summed E-state index contributed by atoms with van der Waals surface area (Å²) in [6, 6.07) is 4.60. The van der Waals surface area contributed by atoms with Crippen molar-refractivity contribution in [2.24, 2.45) is 11.7 Å². The van der Waals surface area contributed by atoms with Gasteiger partial charge in [-0.15, -0.1) is 0 Å². The number of rotatable bonds is 5. The summed E-state index contributed by atoms with van der Waals surface area (Å²) in [6.45, 7) is 3.61. The van der Waals surface area contributed by atoms with Gasteiger partial charge in [0.25, 0.3) is 0 Å². The van der Waals surface area contributed by atoms with Crippen LogP contribution in [0, 0.1) is 12.8 Å². The van der Waals surface area contributed by atoms with E-state index in [-0.39, 0.29) is 0 Å². The molecule has 1 heterocycles. The molecule has 0 aliphatic heterocycles. The Bertz CT molecular complexity index is 367. The van der Waals surface area contributed by atoms with Crippen molar-refractivity contribution in [2.75, 3.05) is 13.6 Å². The van der Waals surface area contributed by atoms with Gasteiger partial charge in [-0.05, 0) is 44.9 Å². The van der Waals surface area contributed by atoms with Crippen molar-refractivity contribution >= 4 is 0 Å². The number of nitrogens with zero attached hydrogens (tertiary/aromatic N) is 1. The van der Waals surface area contributed by atoms with E-state index in [2.05, 4.69) is 18.0 Å². The quantitative estimate of drug-likeness (QED) is 0.830. The molecule has 3 heteroatoms. The molecule has 2 rings (SSSR count). The molecule has 0 radical (unpaired) electrons. The first-order valence-electron chi connectivity index (χ1n) is 7.66. The second kappa shape index (κ2) is 7.11. The van der Waals surface area contributed by atoms with Crippen LogP contribution in [0.4, 0.5) is 0 Å². The maximum absolute atomic E-state index is 6.04. The van der Waals surface area contributed by atoms with Crippen LogP contribution in [0.3, 0.4) is 0 Å². The number of nitrogens with two attached hydrogens (primary N) is 1. The summed E-state index contributed by atoms with van der Waals surface area (Å²) < 4.78 is 5.68. The molecule has 19 heavy (non-hydrogen) atoms. The Morgan fingerprint density at radius 1 is 1.26 bits per heavy atom. The van der Waals surface area contributed by atoms with E-state index >= 15 is 0 Å². The molecule has 0 amide bonds. The van der Waals surface area contributed by atoms with E-state index in [1.165, 1.54) is 38.5 Å². The fourth-order valence-electron chi connectivity index (χ4n) is 3.36. The third kappa shape index (κ3) is 4.08. The molecule has 1 aliphatic carbocycles. The van der Waals surface area contributed by atoms with Crippen molar-refractivity contribution in [1.82, 2.24) is 4.90 Å². The maximum Gasteiger partial charge on any atom is 0.118 e. The first-order chi connectivity index (χ1) is 9.20. The number of furan rings is 1. The third-order valence-electron chi connectivity index (χ3n) is 4.45. The number of hydrogen-bond acceptors (Lipinski definition) is 3. The van der Waals surface area contributed by atoms with Crippen LogP contribution in [0.2, 0.25) is 0 Å². The van der Waals surface area contributed by atoms with Gasteiger partial charge in [0.15, 0.2) is 0 Å². The average Bonchev–Trinajstić information content (AvgIpc) is 2.65. The largest absolute Gasteiger partial charge is 0.465 e. The molecule has 0 bridgehead atoms. The van der Waals surface area contributed by atoms with E-state index in [4.69, 9.17) is 10.2 Å². The van der Waals surface area contributed by atoms with Gasteiger partial charge in [-0.25, -0.2) is 0 Å². The second-order valence-corrected chi connectivity index (χ2v) is 5.98. The van der Waals surface area contributed by atoms with E-state index in [9.17, 15) is 0 Å². The van der Waals surface area contributed by atoms with Crippen LogP contribution in [-0.4, -0.2) is 24.5 Å². The molecular formula is C16H28N2O. The molecule has 108 valence electrons. The fraction of sp³-hybridized carbons (Fsp3) is 0.750. The molecule has 0 saturated heterocycles. The lowest BCUT2D eigenvalue weighted by Crippen LogP contribution is -2.43. The Balaban J connectivity index is 1.95. The Morgan fingerprint density at radius 3 is 2.47 bits per heavy atom. The van der Waals surface area contributed by atoms with Crippen molar-refractivity contribution in [2.45, 2.75) is 58.0 Å². The predicted molar refractivity (Wildman–Crippen MR) is 78.9 cm³/mol. The number of likely N-dealkylation sites (N-methyl/N-ethyl adjacent to an activating group) is 1. The molecular weight excluding hydrogens is 236 g/mol. The van der Waals surface area contributed by atoms with Crippen molar-refractivity contribution in [3.05, 3.63) is 23.7 Å². The van der Waals surface area contributed by atoms with Gasteiger partial charge in [-0.3, -0.25) is 4.90 Å². The van der Waals surface area contributed by atoms with Gasteiger partial charge in [0, 0.05) is 12.6 Å². The highest BCUT2D eigenvalue weighted by Gasteiger charge is 2.25. The minimum absolute atomic E-state index is 0.489. The minimum atomic E-state index is 0.489. The smallest absolute Gasteiger partial charge is 0.118 e. The van der Waals surface area contributed by atoms with Crippen molar-refractivity contribution in [1.29, 1.82) is 0 Å². The zero-order valence-electron chi connectivity index (χ0n) is 12.4. The fourth-order valence-corrected chi connectivity index (χ4v) is 3.36. The van der Waals surface area contributed by atoms with Crippen LogP contribution in [-0.2, 0) is 6.54 Å². The second-order valence-electron chi connectivity index (χ2n) is 5.98. The van der Waals surface area contributed by atoms with E-state index in [0.29, 0.717) is 6.04 Å². The summed E-state index contributed by atoms with van der Waals surface area (Å²) in [7, 11) is 2.18. The average molecular weight is 264 g/mol. The van der Waals surface area contributed by atoms with Gasteiger partial charge >= 0.3 is 0 Å². The Kier molecular flexibility index (Phi) is 5.46. The Morgan fingerprint density at radius 2 is 1.95 bits per heavy atom. The standard InChI is InChI=1S/C16H28N2O/c1-13-9-10-15(19-13)12-18(2)16(11-17)14-7-5-3-4-6-8-14/h9-10,14,16H,3-8,11-12,17H2,1-2H3. The lowest BCUT2D eigenvalue weighted by Gasteiger charge is -2.33. The third-order valence-corrected chi connectivity index (χ3v) is 4.45. The van der Waals surface area contributed by atoms with E-state index in [1.807, 2.05) is 13.0 Å². The highest BCUT2D eigenvalue weighted by atomic mass is 16.3. The van der Waals surface area contributed by atoms with E-state index < -0.39 is 0 Å². The van der Waals surface area contributed by atoms with Crippen molar-refractivity contribution in [3.63, 3.8) is 0 Å². The summed E-state index contributed by atoms with van der Waals surface area (Å²) in [5.41, 5.74) is 6.04. The topological polar surface area (TPSA) is 42.4 Å². The minimum Gasteiger partial charge on any atom is -0.465 e. The van der Waals surface area contributed by atoms with E-state index in [1.54, 1.807) is 0 Å². The summed E-state index contributed by atoms with van der Waals surface area (Å²) in [4.78, 5) is 2.38. The first kappa shape index (κ1) is 14.6. The number of aryl methyl sites for hydroxylation is 1. The molecule has 1 unspecified atom stereocenters. The van der Waals surface area contributed by atoms with E-state index in [0.717, 1.165) is 30.5 Å². The number of hydrogen-bond donors (Lipinski definition) is 1. The Labute approximate surface area is 117 Å². The lowest BCUT2D eigenvalue weighted by molar-refractivity contribution is 0.150. The first-order valence-corrected chi connectivity index (χ1v) is 7.66. The summed E-state index contributed by atoms with van der Waals surface area (Å²) in [6.07, 6.45) is 8.21. The van der Waals surface area contributed by atoms with Crippen LogP contribution in [0.5, 0.6) is 0 Å². The molecule has 1 aliphatic rings. The predicted octanol–water partition coefficient (Wildman–Crippen LogP) is 3.32. The van der Waals surface area contributed by atoms with Crippen LogP contribution < -0.4 is 5.73 Å². The normalized spacial score (nSPS) is 19.6. The summed E-state index contributed by atoms with van der Waals surface area (Å²) in [5.74, 6) is 2.79. The molecule has 1 aromatic heterocycles. The van der Waals surface area contributed by atoms with Crippen LogP contribution in [0.25, 0.3) is 0 Å². The lowest BCUT2D eigenvalue weighted by atomic mass is 9.91. The molecule has 2 N–H and O–H groups in total. The van der Waals surface area contributed by atoms with Gasteiger partial charge < -0.3 is 10.2 Å². The SMILES string of the molecule is Cc1ccc(CN(C)C(CN)C2CCCCCC2)o1. The van der Waals surface area contributed by atoms with Gasteiger partial charge in [0.1, 0.15) is 11.5 Å². The molecule has 1 saturated carbocycles. The highest BCUT2D eigenvalue weighted by Crippen LogP contribution is 2.28. The van der Waals surface area contributed by atoms with Gasteiger partial charge in [0.2, 0.25) is 0 Å². The van der Waals surface area contributed by atoms with Crippen molar-refractivity contribution in [3.8, 4) is 0 Å². The molecule has 1 atom stereocenters. The van der Waals surface area contributed by atoms with Crippen molar-refractivity contribution < 1.29 is 4.42 Å². The van der Waals surface area contributed by atoms with Crippen LogP contribution in [0.1, 0.15) is 50.0 Å². The van der Waals surface area contributed by atoms with Gasteiger partial charge in [0.05, 0.1) is 6.54 Å². The summed E-state index contributed by atoms with van der Waals surface area (Å²) >= 11 is 0. The monoisotopic (exact) mass is 264 g/mol. The molecule has 1 aromatic rings. The molecule has 1 fully saturated rings. The van der Waals surface area contributed by atoms with Crippen LogP contribution in [0.15, 0.2) is 16.5 Å². The van der Waals surface area contributed by atoms with Crippen LogP contribution >= 0.6 is 0 Å². The zero-order valence-corrected chi connectivity index (χ0v) is 12.4. The maximum atomic E-state index is 6.04. The van der Waals surface area contributed by atoms with Gasteiger partial charge in [-0.1, -0.05) is 25.7 Å². The molecule has 0 spiro atoms.